The number of piperazine rings is 1. The van der Waals surface area contributed by atoms with Crippen molar-refractivity contribution in [3.63, 3.8) is 0 Å². The number of rotatable bonds is 23. The van der Waals surface area contributed by atoms with Crippen molar-refractivity contribution in [2.24, 2.45) is 0 Å². The number of nitrogens with zero attached hydrogens (tertiary/aromatic N) is 3. The maximum Gasteiger partial charge on any atom is 0.234 e. The van der Waals surface area contributed by atoms with Crippen LogP contribution in [0.1, 0.15) is 74.5 Å². The minimum atomic E-state index is -1.74. The third-order valence-corrected chi connectivity index (χ3v) is 12.2. The molecule has 322 valence electrons. The van der Waals surface area contributed by atoms with Crippen LogP contribution in [0.2, 0.25) is 5.02 Å². The van der Waals surface area contributed by atoms with Crippen LogP contribution in [0.5, 0.6) is 5.75 Å². The van der Waals surface area contributed by atoms with Crippen LogP contribution in [0.25, 0.3) is 11.1 Å². The van der Waals surface area contributed by atoms with Gasteiger partial charge in [-0.2, -0.15) is 0 Å². The van der Waals surface area contributed by atoms with Crippen LogP contribution in [0.3, 0.4) is 0 Å². The van der Waals surface area contributed by atoms with Gasteiger partial charge in [0.2, 0.25) is 11.8 Å². The number of benzene rings is 2. The number of carbonyl (C=O) groups is 2. The van der Waals surface area contributed by atoms with Crippen molar-refractivity contribution in [3.8, 4) is 16.9 Å². The van der Waals surface area contributed by atoms with Crippen LogP contribution >= 0.6 is 11.6 Å². The Balaban J connectivity index is 0.878. The summed E-state index contributed by atoms with van der Waals surface area (Å²) >= 11 is 6.75. The molecule has 15 heteroatoms. The predicted octanol–water partition coefficient (Wildman–Crippen LogP) is 2.28. The van der Waals surface area contributed by atoms with E-state index < -0.39 is 31.0 Å². The second-order valence-corrected chi connectivity index (χ2v) is 16.8. The van der Waals surface area contributed by atoms with E-state index in [1.807, 2.05) is 29.4 Å². The Hall–Kier alpha value is -3.70. The molecule has 2 aromatic carbocycles. The first-order valence-electron chi connectivity index (χ1n) is 21.0. The highest BCUT2D eigenvalue weighted by Crippen LogP contribution is 2.50. The first-order chi connectivity index (χ1) is 28.5. The maximum atomic E-state index is 12.7. The Morgan fingerprint density at radius 2 is 1.66 bits per heavy atom. The highest BCUT2D eigenvalue weighted by Gasteiger charge is 2.46. The molecule has 59 heavy (non-hydrogen) atoms. The molecule has 5 atom stereocenters. The lowest BCUT2D eigenvalue weighted by atomic mass is 9.93. The molecule has 1 aliphatic heterocycles. The second-order valence-electron chi connectivity index (χ2n) is 16.4. The molecule has 3 fully saturated rings. The molecule has 6 rings (SSSR count). The monoisotopic (exact) mass is 836 g/mol. The summed E-state index contributed by atoms with van der Waals surface area (Å²) in [5, 5.41) is 58.2. The van der Waals surface area contributed by atoms with Gasteiger partial charge in [0.1, 0.15) is 24.1 Å². The molecular formula is C44H61ClN6O8. The number of aromatic nitrogens is 1. The fourth-order valence-corrected chi connectivity index (χ4v) is 7.83. The number of hydrogen-bond donors (Lipinski definition) is 8. The van der Waals surface area contributed by atoms with Gasteiger partial charge in [0.15, 0.2) is 0 Å². The normalized spacial score (nSPS) is 19.3. The van der Waals surface area contributed by atoms with Gasteiger partial charge in [-0.05, 0) is 84.9 Å². The van der Waals surface area contributed by atoms with Crippen molar-refractivity contribution in [1.29, 1.82) is 0 Å². The van der Waals surface area contributed by atoms with Crippen molar-refractivity contribution in [3.05, 3.63) is 82.6 Å². The molecular weight excluding hydrogens is 776 g/mol. The summed E-state index contributed by atoms with van der Waals surface area (Å²) in [5.74, 6) is 0.875. The van der Waals surface area contributed by atoms with Gasteiger partial charge in [-0.25, -0.2) is 0 Å². The summed E-state index contributed by atoms with van der Waals surface area (Å²) in [5.41, 5.74) is 5.50. The number of amides is 2. The molecule has 2 amide bonds. The van der Waals surface area contributed by atoms with Gasteiger partial charge in [-0.3, -0.25) is 24.4 Å². The molecule has 0 spiro atoms. The van der Waals surface area contributed by atoms with Gasteiger partial charge in [0.05, 0.1) is 25.4 Å². The highest BCUT2D eigenvalue weighted by molar-refractivity contribution is 6.31. The standard InChI is InChI=1S/C44H61ClN6O8/c1-29(5-4-8-40(55)47-17-18-50-19-21-51(22-20-50)27-41(56)48-26-37(53)42(57)43(58)38(54)28-52)30-9-12-36(45)31(23-30)24-49-44(14-15-44)35-25-46-16-13-33(35)34-6-2-3-7-39(34)59-32-10-11-32/h2-3,6-7,9,12-13,16,23,25,29,32,37-38,42-43,49,52-54,57-58H,4-5,8,10-11,14-15,17-22,24,26-28H2,1H3,(H,47,55)(H,48,56). The highest BCUT2D eigenvalue weighted by atomic mass is 35.5. The first kappa shape index (κ1) is 44.8. The van der Waals surface area contributed by atoms with Crippen molar-refractivity contribution in [1.82, 2.24) is 30.7 Å². The van der Waals surface area contributed by atoms with E-state index in [0.29, 0.717) is 45.2 Å². The molecule has 1 aromatic heterocycles. The number of carbonyl (C=O) groups excluding carboxylic acids is 2. The zero-order chi connectivity index (χ0) is 41.9. The van der Waals surface area contributed by atoms with E-state index in [-0.39, 0.29) is 36.4 Å². The Morgan fingerprint density at radius 3 is 2.39 bits per heavy atom. The molecule has 5 unspecified atom stereocenters. The molecule has 0 radical (unpaired) electrons. The van der Waals surface area contributed by atoms with E-state index in [1.54, 1.807) is 0 Å². The zero-order valence-electron chi connectivity index (χ0n) is 33.9. The summed E-state index contributed by atoms with van der Waals surface area (Å²) in [7, 11) is 0. The Morgan fingerprint density at radius 1 is 0.932 bits per heavy atom. The lowest BCUT2D eigenvalue weighted by molar-refractivity contribution is -0.127. The molecule has 0 bridgehead atoms. The Kier molecular flexibility index (Phi) is 16.1. The van der Waals surface area contributed by atoms with Crippen LogP contribution in [0.4, 0.5) is 0 Å². The Labute approximate surface area is 351 Å². The van der Waals surface area contributed by atoms with E-state index in [4.69, 9.17) is 21.4 Å². The second kappa shape index (κ2) is 21.2. The smallest absolute Gasteiger partial charge is 0.234 e. The fourth-order valence-electron chi connectivity index (χ4n) is 7.65. The van der Waals surface area contributed by atoms with Crippen molar-refractivity contribution >= 4 is 23.4 Å². The van der Waals surface area contributed by atoms with E-state index >= 15 is 0 Å². The van der Waals surface area contributed by atoms with E-state index in [2.05, 4.69) is 69.2 Å². The summed E-state index contributed by atoms with van der Waals surface area (Å²) in [6.45, 7) is 5.90. The number of pyridine rings is 1. The number of para-hydroxylation sites is 1. The predicted molar refractivity (Wildman–Crippen MR) is 225 cm³/mol. The van der Waals surface area contributed by atoms with Gasteiger partial charge in [0, 0.05) is 87.3 Å². The molecule has 3 aliphatic rings. The van der Waals surface area contributed by atoms with Crippen molar-refractivity contribution in [2.75, 3.05) is 59.0 Å². The zero-order valence-corrected chi connectivity index (χ0v) is 34.7. The number of hydrogen-bond acceptors (Lipinski definition) is 12. The molecule has 14 nitrogen and oxygen atoms in total. The fraction of sp³-hybridized carbons (Fsp3) is 0.568. The largest absolute Gasteiger partial charge is 0.490 e. The minimum absolute atomic E-state index is 0.0328. The lowest BCUT2D eigenvalue weighted by Crippen LogP contribution is -2.52. The number of ether oxygens (including phenoxy) is 1. The third kappa shape index (κ3) is 12.7. The van der Waals surface area contributed by atoms with E-state index in [9.17, 15) is 30.0 Å². The number of halogens is 1. The summed E-state index contributed by atoms with van der Waals surface area (Å²) in [6.07, 6.45) is 3.91. The van der Waals surface area contributed by atoms with Gasteiger partial charge in [-0.15, -0.1) is 0 Å². The third-order valence-electron chi connectivity index (χ3n) is 11.8. The van der Waals surface area contributed by atoms with Gasteiger partial charge in [0.25, 0.3) is 0 Å². The van der Waals surface area contributed by atoms with Crippen LogP contribution in [-0.4, -0.2) is 142 Å². The SMILES string of the molecule is CC(CCCC(=O)NCCN1CCN(CC(=O)NCC(O)C(O)C(O)C(O)CO)CC1)c1ccc(Cl)c(CNC2(c3cnccc3-c3ccccc3OC3CC3)CC2)c1. The van der Waals surface area contributed by atoms with E-state index in [1.165, 1.54) is 11.1 Å². The van der Waals surface area contributed by atoms with Gasteiger partial charge in [-0.1, -0.05) is 48.9 Å². The van der Waals surface area contributed by atoms with Crippen LogP contribution in [0, 0.1) is 0 Å². The molecule has 3 aromatic rings. The summed E-state index contributed by atoms with van der Waals surface area (Å²) in [4.78, 5) is 33.8. The average Bonchev–Trinajstić information content (AvgIpc) is 4.20. The maximum absolute atomic E-state index is 12.7. The van der Waals surface area contributed by atoms with Crippen molar-refractivity contribution in [2.45, 2.75) is 100 Å². The molecule has 8 N–H and O–H groups in total. The molecule has 2 aliphatic carbocycles. The van der Waals surface area contributed by atoms with Crippen molar-refractivity contribution < 1.29 is 39.9 Å². The van der Waals surface area contributed by atoms with Gasteiger partial charge < -0.3 is 46.2 Å². The number of aliphatic hydroxyl groups is 5. The number of aliphatic hydroxyl groups excluding tert-OH is 5. The molecule has 2 heterocycles. The lowest BCUT2D eigenvalue weighted by Gasteiger charge is -2.34. The average molecular weight is 837 g/mol. The summed E-state index contributed by atoms with van der Waals surface area (Å²) in [6, 6.07) is 16.6. The first-order valence-corrected chi connectivity index (χ1v) is 21.4. The minimum Gasteiger partial charge on any atom is -0.490 e. The topological polar surface area (TPSA) is 200 Å². The van der Waals surface area contributed by atoms with E-state index in [0.717, 1.165) is 79.1 Å². The molecule has 2 saturated carbocycles. The summed E-state index contributed by atoms with van der Waals surface area (Å²) < 4.78 is 6.28. The van der Waals surface area contributed by atoms with Crippen LogP contribution in [-0.2, 0) is 21.7 Å². The van der Waals surface area contributed by atoms with Crippen LogP contribution in [0.15, 0.2) is 60.9 Å². The quantitative estimate of drug-likeness (QED) is 0.0695. The molecule has 1 saturated heterocycles. The number of nitrogens with one attached hydrogen (secondary N) is 3. The van der Waals surface area contributed by atoms with Gasteiger partial charge >= 0.3 is 0 Å². The Bertz CT molecular complexity index is 1840. The van der Waals surface area contributed by atoms with Crippen LogP contribution < -0.4 is 20.7 Å².